The molecular formula is C17H27NO3. The van der Waals surface area contributed by atoms with Crippen LogP contribution < -0.4 is 9.64 Å². The summed E-state index contributed by atoms with van der Waals surface area (Å²) in [6, 6.07) is 5.50. The van der Waals surface area contributed by atoms with Gasteiger partial charge in [0.15, 0.2) is 0 Å². The fourth-order valence-electron chi connectivity index (χ4n) is 2.62. The van der Waals surface area contributed by atoms with E-state index in [1.807, 2.05) is 6.07 Å². The number of nitrogens with zero attached hydrogens (tertiary/aromatic N) is 1. The Kier molecular flexibility index (Phi) is 6.53. The summed E-state index contributed by atoms with van der Waals surface area (Å²) >= 11 is 0. The molecule has 1 N–H and O–H groups in total. The van der Waals surface area contributed by atoms with Gasteiger partial charge in [0.2, 0.25) is 0 Å². The number of carboxylic acids is 1. The molecule has 21 heavy (non-hydrogen) atoms. The number of carboxylic acid groups (broad SMARTS) is 1. The number of anilines is 1. The van der Waals surface area contributed by atoms with Crippen LogP contribution in [-0.4, -0.2) is 30.8 Å². The molecule has 0 saturated heterocycles. The van der Waals surface area contributed by atoms with Crippen LogP contribution >= 0.6 is 0 Å². The summed E-state index contributed by atoms with van der Waals surface area (Å²) in [5.74, 6) is 0.250. The summed E-state index contributed by atoms with van der Waals surface area (Å²) < 4.78 is 5.27. The van der Waals surface area contributed by atoms with Crippen molar-refractivity contribution in [1.82, 2.24) is 0 Å². The first-order valence-electron chi connectivity index (χ1n) is 7.62. The summed E-state index contributed by atoms with van der Waals surface area (Å²) in [6.07, 6.45) is 1.97. The van der Waals surface area contributed by atoms with Crippen molar-refractivity contribution >= 4 is 11.7 Å². The molecule has 0 amide bonds. The molecule has 0 spiro atoms. The Morgan fingerprint density at radius 2 is 1.90 bits per heavy atom. The second-order valence-electron chi connectivity index (χ2n) is 5.70. The molecule has 0 radical (unpaired) electrons. The number of hydrogen-bond acceptors (Lipinski definition) is 3. The van der Waals surface area contributed by atoms with Gasteiger partial charge < -0.3 is 14.7 Å². The molecule has 1 rings (SSSR count). The van der Waals surface area contributed by atoms with E-state index in [2.05, 4.69) is 32.6 Å². The monoisotopic (exact) mass is 293 g/mol. The molecule has 4 nitrogen and oxygen atoms in total. The van der Waals surface area contributed by atoms with Gasteiger partial charge in [-0.1, -0.05) is 27.7 Å². The van der Waals surface area contributed by atoms with Gasteiger partial charge in [-0.2, -0.15) is 0 Å². The van der Waals surface area contributed by atoms with Crippen LogP contribution in [0.25, 0.3) is 0 Å². The number of rotatable bonds is 8. The van der Waals surface area contributed by atoms with Crippen LogP contribution in [0.4, 0.5) is 5.69 Å². The molecule has 0 aliphatic heterocycles. The maximum Gasteiger partial charge on any atom is 0.337 e. The highest BCUT2D eigenvalue weighted by molar-refractivity contribution is 5.95. The highest BCUT2D eigenvalue weighted by atomic mass is 16.5. The molecule has 0 unspecified atom stereocenters. The van der Waals surface area contributed by atoms with Crippen molar-refractivity contribution in [3.63, 3.8) is 0 Å². The minimum Gasteiger partial charge on any atom is -0.497 e. The van der Waals surface area contributed by atoms with Crippen LogP contribution in [0.2, 0.25) is 0 Å². The first-order chi connectivity index (χ1) is 9.94. The van der Waals surface area contributed by atoms with Crippen molar-refractivity contribution in [2.24, 2.45) is 5.92 Å². The molecule has 4 heteroatoms. The first kappa shape index (κ1) is 17.3. The van der Waals surface area contributed by atoms with Crippen LogP contribution in [0.5, 0.6) is 5.75 Å². The average Bonchev–Trinajstić information content (AvgIpc) is 2.46. The lowest BCUT2D eigenvalue weighted by atomic mass is 10.0. The Hall–Kier alpha value is -1.71. The van der Waals surface area contributed by atoms with Crippen LogP contribution in [-0.2, 0) is 0 Å². The molecule has 118 valence electrons. The number of hydrogen-bond donors (Lipinski definition) is 1. The molecule has 0 saturated carbocycles. The van der Waals surface area contributed by atoms with Gasteiger partial charge in [-0.05, 0) is 30.9 Å². The third-order valence-electron chi connectivity index (χ3n) is 3.69. The average molecular weight is 293 g/mol. The molecule has 0 fully saturated rings. The quantitative estimate of drug-likeness (QED) is 0.785. The van der Waals surface area contributed by atoms with Crippen LogP contribution in [0.3, 0.4) is 0 Å². The van der Waals surface area contributed by atoms with Crippen molar-refractivity contribution in [2.75, 3.05) is 18.6 Å². The number of carbonyl (C=O) groups is 1. The summed E-state index contributed by atoms with van der Waals surface area (Å²) in [5, 5.41) is 9.47. The van der Waals surface area contributed by atoms with E-state index in [-0.39, 0.29) is 0 Å². The third-order valence-corrected chi connectivity index (χ3v) is 3.69. The lowest BCUT2D eigenvalue weighted by Crippen LogP contribution is -2.38. The molecule has 1 aromatic rings. The van der Waals surface area contributed by atoms with E-state index < -0.39 is 5.97 Å². The van der Waals surface area contributed by atoms with Crippen LogP contribution in [0.15, 0.2) is 18.2 Å². The highest BCUT2D eigenvalue weighted by Gasteiger charge is 2.22. The lowest BCUT2D eigenvalue weighted by Gasteiger charge is -2.35. The molecule has 0 aromatic heterocycles. The van der Waals surface area contributed by atoms with E-state index in [9.17, 15) is 9.90 Å². The summed E-state index contributed by atoms with van der Waals surface area (Å²) in [6.45, 7) is 9.41. The maximum atomic E-state index is 11.5. The molecule has 0 aliphatic rings. The fraction of sp³-hybridized carbons (Fsp3) is 0.588. The van der Waals surface area contributed by atoms with E-state index in [4.69, 9.17) is 4.74 Å². The summed E-state index contributed by atoms with van der Waals surface area (Å²) in [5.41, 5.74) is 1.09. The smallest absolute Gasteiger partial charge is 0.337 e. The van der Waals surface area contributed by atoms with Crippen LogP contribution in [0, 0.1) is 5.92 Å². The highest BCUT2D eigenvalue weighted by Crippen LogP contribution is 2.30. The third kappa shape index (κ3) is 4.38. The van der Waals surface area contributed by atoms with Gasteiger partial charge in [-0.25, -0.2) is 4.79 Å². The summed E-state index contributed by atoms with van der Waals surface area (Å²) in [7, 11) is 1.60. The Balaban J connectivity index is 3.35. The van der Waals surface area contributed by atoms with Crippen molar-refractivity contribution in [1.29, 1.82) is 0 Å². The van der Waals surface area contributed by atoms with E-state index in [1.54, 1.807) is 19.2 Å². The zero-order valence-corrected chi connectivity index (χ0v) is 13.7. The van der Waals surface area contributed by atoms with E-state index in [0.717, 1.165) is 25.1 Å². The van der Waals surface area contributed by atoms with Crippen molar-refractivity contribution in [3.8, 4) is 5.75 Å². The normalized spacial score (nSPS) is 11.0. The molecule has 0 atom stereocenters. The minimum absolute atomic E-state index is 0.331. The standard InChI is InChI=1S/C17H27NO3/c1-6-13(7-2)18(11-12(3)4)16-10-14(21-5)8-9-15(16)17(19)20/h8-10,12-13H,6-7,11H2,1-5H3,(H,19,20). The molecular weight excluding hydrogens is 266 g/mol. The van der Waals surface area contributed by atoms with Gasteiger partial charge in [-0.15, -0.1) is 0 Å². The minimum atomic E-state index is -0.896. The van der Waals surface area contributed by atoms with E-state index in [0.29, 0.717) is 23.3 Å². The number of aromatic carboxylic acids is 1. The Morgan fingerprint density at radius 3 is 2.33 bits per heavy atom. The van der Waals surface area contributed by atoms with Gasteiger partial charge in [0, 0.05) is 18.7 Å². The predicted octanol–water partition coefficient (Wildman–Crippen LogP) is 4.04. The molecule has 0 bridgehead atoms. The summed E-state index contributed by atoms with van der Waals surface area (Å²) in [4.78, 5) is 13.8. The van der Waals surface area contributed by atoms with Gasteiger partial charge >= 0.3 is 5.97 Å². The molecule has 0 heterocycles. The van der Waals surface area contributed by atoms with E-state index in [1.165, 1.54) is 0 Å². The van der Waals surface area contributed by atoms with Gasteiger partial charge in [-0.3, -0.25) is 0 Å². The number of methoxy groups -OCH3 is 1. The van der Waals surface area contributed by atoms with E-state index >= 15 is 0 Å². The SMILES string of the molecule is CCC(CC)N(CC(C)C)c1cc(OC)ccc1C(=O)O. The lowest BCUT2D eigenvalue weighted by molar-refractivity contribution is 0.0697. The second-order valence-corrected chi connectivity index (χ2v) is 5.70. The fourth-order valence-corrected chi connectivity index (χ4v) is 2.62. The van der Waals surface area contributed by atoms with Gasteiger partial charge in [0.05, 0.1) is 18.4 Å². The van der Waals surface area contributed by atoms with Crippen LogP contribution in [0.1, 0.15) is 50.9 Å². The van der Waals surface area contributed by atoms with Gasteiger partial charge in [0.25, 0.3) is 0 Å². The maximum absolute atomic E-state index is 11.5. The second kappa shape index (κ2) is 7.91. The Bertz CT molecular complexity index is 467. The zero-order valence-electron chi connectivity index (χ0n) is 13.7. The predicted molar refractivity (Wildman–Crippen MR) is 86.5 cm³/mol. The van der Waals surface area contributed by atoms with Crippen molar-refractivity contribution in [3.05, 3.63) is 23.8 Å². The van der Waals surface area contributed by atoms with Gasteiger partial charge in [0.1, 0.15) is 5.75 Å². The first-order valence-corrected chi connectivity index (χ1v) is 7.62. The molecule has 1 aromatic carbocycles. The number of ether oxygens (including phenoxy) is 1. The zero-order chi connectivity index (χ0) is 16.0. The Labute approximate surface area is 127 Å². The molecule has 0 aliphatic carbocycles. The van der Waals surface area contributed by atoms with Crippen molar-refractivity contribution in [2.45, 2.75) is 46.6 Å². The number of benzene rings is 1. The Morgan fingerprint density at radius 1 is 1.29 bits per heavy atom. The van der Waals surface area contributed by atoms with Crippen molar-refractivity contribution < 1.29 is 14.6 Å². The topological polar surface area (TPSA) is 49.8 Å². The largest absolute Gasteiger partial charge is 0.497 e.